The molecular formula is C10H18BrNO5. The van der Waals surface area contributed by atoms with Crippen LogP contribution in [0.2, 0.25) is 0 Å². The van der Waals surface area contributed by atoms with E-state index in [0.29, 0.717) is 12.5 Å². The summed E-state index contributed by atoms with van der Waals surface area (Å²) in [7, 11) is 6.38. The molecule has 100 valence electrons. The van der Waals surface area contributed by atoms with Gasteiger partial charge < -0.3 is 23.7 Å². The van der Waals surface area contributed by atoms with E-state index in [4.69, 9.17) is 23.7 Å². The molecule has 0 aliphatic carbocycles. The van der Waals surface area contributed by atoms with E-state index >= 15 is 0 Å². The van der Waals surface area contributed by atoms with E-state index in [1.807, 2.05) is 0 Å². The van der Waals surface area contributed by atoms with Gasteiger partial charge in [-0.05, 0) is 0 Å². The molecule has 1 saturated heterocycles. The summed E-state index contributed by atoms with van der Waals surface area (Å²) in [6, 6.07) is 0. The second-order valence-corrected chi connectivity index (χ2v) is 3.95. The third-order valence-corrected chi connectivity index (χ3v) is 3.07. The quantitative estimate of drug-likeness (QED) is 0.751. The monoisotopic (exact) mass is 311 g/mol. The molecule has 17 heavy (non-hydrogen) atoms. The number of nitrogens with zero attached hydrogens (tertiary/aromatic N) is 1. The van der Waals surface area contributed by atoms with Gasteiger partial charge in [0.25, 0.3) is 0 Å². The first kappa shape index (κ1) is 14.8. The highest BCUT2D eigenvalue weighted by atomic mass is 79.9. The van der Waals surface area contributed by atoms with Gasteiger partial charge in [0.05, 0.1) is 22.8 Å². The number of methoxy groups -OCH3 is 4. The zero-order chi connectivity index (χ0) is 12.8. The van der Waals surface area contributed by atoms with Crippen molar-refractivity contribution in [3.63, 3.8) is 0 Å². The van der Waals surface area contributed by atoms with Crippen LogP contribution in [0, 0.1) is 0 Å². The van der Waals surface area contributed by atoms with Crippen LogP contribution in [0.1, 0.15) is 0 Å². The molecule has 1 fully saturated rings. The SMILES string of the molecule is COC[C@H]1O/C(=N\Br)[C@H](OC)[C@@H](OC)[C@@H]1OC. The van der Waals surface area contributed by atoms with Crippen LogP contribution < -0.4 is 0 Å². The molecule has 6 nitrogen and oxygen atoms in total. The zero-order valence-electron chi connectivity index (χ0n) is 10.4. The Balaban J connectivity index is 2.92. The van der Waals surface area contributed by atoms with Gasteiger partial charge in [-0.25, -0.2) is 0 Å². The van der Waals surface area contributed by atoms with Gasteiger partial charge in [-0.1, -0.05) is 0 Å². The van der Waals surface area contributed by atoms with Gasteiger partial charge >= 0.3 is 0 Å². The van der Waals surface area contributed by atoms with Crippen LogP contribution >= 0.6 is 16.1 Å². The van der Waals surface area contributed by atoms with E-state index in [1.54, 1.807) is 28.4 Å². The number of hydrogen-bond acceptors (Lipinski definition) is 6. The van der Waals surface area contributed by atoms with Crippen LogP contribution in [0.3, 0.4) is 0 Å². The van der Waals surface area contributed by atoms with Crippen molar-refractivity contribution in [2.24, 2.45) is 4.02 Å². The number of halogens is 1. The minimum absolute atomic E-state index is 0.275. The van der Waals surface area contributed by atoms with Crippen molar-refractivity contribution in [3.05, 3.63) is 0 Å². The van der Waals surface area contributed by atoms with Crippen molar-refractivity contribution in [2.75, 3.05) is 35.0 Å². The topological polar surface area (TPSA) is 58.5 Å². The van der Waals surface area contributed by atoms with Gasteiger partial charge in [0, 0.05) is 28.4 Å². The highest BCUT2D eigenvalue weighted by molar-refractivity contribution is 9.08. The van der Waals surface area contributed by atoms with Crippen molar-refractivity contribution >= 4 is 22.0 Å². The highest BCUT2D eigenvalue weighted by Gasteiger charge is 2.45. The van der Waals surface area contributed by atoms with E-state index in [0.717, 1.165) is 0 Å². The summed E-state index contributed by atoms with van der Waals surface area (Å²) in [5.41, 5.74) is 0. The average molecular weight is 312 g/mol. The molecule has 0 bridgehead atoms. The first-order chi connectivity index (χ1) is 8.23. The van der Waals surface area contributed by atoms with Crippen LogP contribution in [0.4, 0.5) is 0 Å². The van der Waals surface area contributed by atoms with E-state index < -0.39 is 6.10 Å². The second kappa shape index (κ2) is 7.27. The molecule has 0 N–H and O–H groups in total. The lowest BCUT2D eigenvalue weighted by atomic mass is 9.99. The molecule has 1 rings (SSSR count). The Labute approximate surface area is 110 Å². The number of hydrogen-bond donors (Lipinski definition) is 0. The molecule has 0 unspecified atom stereocenters. The maximum atomic E-state index is 5.66. The molecule has 4 atom stereocenters. The third kappa shape index (κ3) is 3.17. The Hall–Kier alpha value is -0.210. The summed E-state index contributed by atoms with van der Waals surface area (Å²) < 4.78 is 30.8. The van der Waals surface area contributed by atoms with Gasteiger partial charge in [-0.3, -0.25) is 0 Å². The van der Waals surface area contributed by atoms with Gasteiger partial charge in [0.1, 0.15) is 12.2 Å². The summed E-state index contributed by atoms with van der Waals surface area (Å²) in [5, 5.41) is 0. The lowest BCUT2D eigenvalue weighted by Crippen LogP contribution is -2.58. The Morgan fingerprint density at radius 2 is 1.76 bits per heavy atom. The zero-order valence-corrected chi connectivity index (χ0v) is 12.0. The van der Waals surface area contributed by atoms with Crippen molar-refractivity contribution in [1.29, 1.82) is 0 Å². The molecule has 1 aliphatic heterocycles. The lowest BCUT2D eigenvalue weighted by Gasteiger charge is -2.40. The van der Waals surface area contributed by atoms with E-state index in [-0.39, 0.29) is 18.3 Å². The fourth-order valence-corrected chi connectivity index (χ4v) is 2.24. The van der Waals surface area contributed by atoms with Crippen LogP contribution in [0.25, 0.3) is 0 Å². The summed E-state index contributed by atoms with van der Waals surface area (Å²) in [4.78, 5) is 0. The molecule has 0 spiro atoms. The molecule has 0 radical (unpaired) electrons. The Kier molecular flexibility index (Phi) is 6.35. The van der Waals surface area contributed by atoms with Gasteiger partial charge in [0.2, 0.25) is 5.90 Å². The normalized spacial score (nSPS) is 35.9. The molecule has 0 aromatic rings. The predicted octanol–water partition coefficient (Wildman–Crippen LogP) is 0.785. The van der Waals surface area contributed by atoms with Gasteiger partial charge in [-0.15, -0.1) is 0 Å². The van der Waals surface area contributed by atoms with E-state index in [2.05, 4.69) is 20.2 Å². The molecule has 0 saturated carbocycles. The average Bonchev–Trinajstić information content (AvgIpc) is 2.37. The lowest BCUT2D eigenvalue weighted by molar-refractivity contribution is -0.161. The maximum Gasteiger partial charge on any atom is 0.228 e. The van der Waals surface area contributed by atoms with Crippen molar-refractivity contribution in [2.45, 2.75) is 24.4 Å². The van der Waals surface area contributed by atoms with Crippen molar-refractivity contribution in [3.8, 4) is 0 Å². The fourth-order valence-electron chi connectivity index (χ4n) is 1.95. The Morgan fingerprint density at radius 1 is 1.12 bits per heavy atom. The minimum Gasteiger partial charge on any atom is -0.470 e. The van der Waals surface area contributed by atoms with Crippen molar-refractivity contribution in [1.82, 2.24) is 0 Å². The molecule has 1 heterocycles. The Morgan fingerprint density at radius 3 is 2.18 bits per heavy atom. The number of rotatable bonds is 5. The first-order valence-electron chi connectivity index (χ1n) is 5.16. The van der Waals surface area contributed by atoms with Crippen LogP contribution in [-0.4, -0.2) is 65.4 Å². The smallest absolute Gasteiger partial charge is 0.228 e. The number of ether oxygens (including phenoxy) is 5. The van der Waals surface area contributed by atoms with Gasteiger partial charge in [-0.2, -0.15) is 4.02 Å². The highest BCUT2D eigenvalue weighted by Crippen LogP contribution is 2.25. The van der Waals surface area contributed by atoms with Crippen molar-refractivity contribution < 1.29 is 23.7 Å². The van der Waals surface area contributed by atoms with Crippen LogP contribution in [-0.2, 0) is 23.7 Å². The van der Waals surface area contributed by atoms with Gasteiger partial charge in [0.15, 0.2) is 12.2 Å². The van der Waals surface area contributed by atoms with E-state index in [1.165, 1.54) is 0 Å². The molecule has 0 aromatic carbocycles. The first-order valence-corrected chi connectivity index (χ1v) is 5.87. The molecule has 0 amide bonds. The summed E-state index contributed by atoms with van der Waals surface area (Å²) in [5.74, 6) is 0.426. The van der Waals surface area contributed by atoms with E-state index in [9.17, 15) is 0 Å². The molecule has 0 aromatic heterocycles. The molecule has 1 aliphatic rings. The summed E-state index contributed by atoms with van der Waals surface area (Å²) in [6.07, 6.45) is -1.26. The summed E-state index contributed by atoms with van der Waals surface area (Å²) >= 11 is 3.02. The standard InChI is InChI=1S/C10H18BrNO5/c1-13-5-6-7(14-2)8(15-3)9(16-4)10(12-11)17-6/h6-9H,5H2,1-4H3/b12-10-/t6-,7-,8+,9-/m1/s1. The third-order valence-electron chi connectivity index (χ3n) is 2.72. The second-order valence-electron chi connectivity index (χ2n) is 3.59. The van der Waals surface area contributed by atoms with Crippen LogP contribution in [0.5, 0.6) is 0 Å². The predicted molar refractivity (Wildman–Crippen MR) is 65.5 cm³/mol. The maximum absolute atomic E-state index is 5.66. The van der Waals surface area contributed by atoms with Crippen LogP contribution in [0.15, 0.2) is 4.02 Å². The molecule has 7 heteroatoms. The summed E-state index contributed by atoms with van der Waals surface area (Å²) in [6.45, 7) is 0.390. The Bertz CT molecular complexity index is 263. The molecular weight excluding hydrogens is 294 g/mol. The largest absolute Gasteiger partial charge is 0.470 e. The minimum atomic E-state index is -0.405. The fraction of sp³-hybridized carbons (Fsp3) is 0.900.